The largest absolute Gasteiger partial charge is 0.368 e. The number of urea groups is 1. The lowest BCUT2D eigenvalue weighted by atomic mass is 10.2. The van der Waals surface area contributed by atoms with Crippen molar-refractivity contribution >= 4 is 23.7 Å². The zero-order valence-corrected chi connectivity index (χ0v) is 8.25. The summed E-state index contributed by atoms with van der Waals surface area (Å²) in [5.41, 5.74) is 0.751. The van der Waals surface area contributed by atoms with Gasteiger partial charge in [-0.3, -0.25) is 0 Å². The fourth-order valence-corrected chi connectivity index (χ4v) is 1.54. The van der Waals surface area contributed by atoms with E-state index in [1.165, 1.54) is 0 Å². The Labute approximate surface area is 85.5 Å². The van der Waals surface area contributed by atoms with Crippen molar-refractivity contribution in [3.8, 4) is 0 Å². The minimum Gasteiger partial charge on any atom is -0.244 e. The molecule has 0 bridgehead atoms. The maximum absolute atomic E-state index is 11.0. The molecule has 14 heavy (non-hydrogen) atoms. The minimum absolute atomic E-state index is 0.465. The predicted octanol–water partition coefficient (Wildman–Crippen LogP) is 1.75. The Kier molecular flexibility index (Phi) is 2.17. The zero-order chi connectivity index (χ0) is 10.1. The van der Waals surface area contributed by atoms with E-state index in [1.54, 1.807) is 12.1 Å². The summed E-state index contributed by atoms with van der Waals surface area (Å²) in [5, 5.41) is 1.74. The second-order valence-corrected chi connectivity index (χ2v) is 3.24. The standard InChI is InChI=1S/C10H7ClN2O/c1-2-3-6-7(11)4-5-8-9(6)13-10(14)12-8/h2-5H,1H3. The highest BCUT2D eigenvalue weighted by molar-refractivity contribution is 6.32. The van der Waals surface area contributed by atoms with Crippen LogP contribution in [-0.2, 0) is 0 Å². The Balaban J connectivity index is 2.86. The molecule has 1 heterocycles. The molecule has 3 nitrogen and oxygen atoms in total. The fraction of sp³-hybridized carbons (Fsp3) is 0.100. The average molecular weight is 207 g/mol. The maximum Gasteiger partial charge on any atom is 0.368 e. The normalized spacial score (nSPS) is 14.0. The van der Waals surface area contributed by atoms with Gasteiger partial charge in [0.1, 0.15) is 5.36 Å². The molecule has 0 saturated heterocycles. The molecule has 2 amide bonds. The predicted molar refractivity (Wildman–Crippen MR) is 53.9 cm³/mol. The van der Waals surface area contributed by atoms with Gasteiger partial charge in [0.05, 0.1) is 10.4 Å². The summed E-state index contributed by atoms with van der Waals surface area (Å²) in [6.45, 7) is 1.88. The lowest BCUT2D eigenvalue weighted by Crippen LogP contribution is -2.24. The van der Waals surface area contributed by atoms with Gasteiger partial charge in [0.2, 0.25) is 0 Å². The first-order valence-corrected chi connectivity index (χ1v) is 4.53. The van der Waals surface area contributed by atoms with Crippen molar-refractivity contribution in [1.82, 2.24) is 0 Å². The van der Waals surface area contributed by atoms with Crippen molar-refractivity contribution in [2.75, 3.05) is 0 Å². The van der Waals surface area contributed by atoms with Crippen LogP contribution in [0.1, 0.15) is 12.5 Å². The molecule has 1 aliphatic heterocycles. The van der Waals surface area contributed by atoms with E-state index in [9.17, 15) is 4.79 Å². The number of carbonyl (C=O) groups is 1. The molecule has 0 N–H and O–H groups in total. The molecule has 0 radical (unpaired) electrons. The lowest BCUT2D eigenvalue weighted by Gasteiger charge is -1.95. The van der Waals surface area contributed by atoms with E-state index in [-0.39, 0.29) is 0 Å². The SMILES string of the molecule is CC=Cc1c(Cl)ccc2c1=NC(=O)N=2. The van der Waals surface area contributed by atoms with Gasteiger partial charge in [0.25, 0.3) is 0 Å². The molecular weight excluding hydrogens is 200 g/mol. The van der Waals surface area contributed by atoms with E-state index < -0.39 is 6.03 Å². The van der Waals surface area contributed by atoms with Crippen LogP contribution in [0, 0.1) is 0 Å². The fourth-order valence-electron chi connectivity index (χ4n) is 1.33. The number of carbonyl (C=O) groups excluding carboxylic acids is 1. The van der Waals surface area contributed by atoms with Crippen molar-refractivity contribution in [3.63, 3.8) is 0 Å². The average Bonchev–Trinajstić information content (AvgIpc) is 2.51. The van der Waals surface area contributed by atoms with Crippen molar-refractivity contribution in [1.29, 1.82) is 0 Å². The van der Waals surface area contributed by atoms with Crippen LogP contribution >= 0.6 is 11.6 Å². The molecule has 4 heteroatoms. The number of rotatable bonds is 1. The van der Waals surface area contributed by atoms with Crippen LogP contribution in [-0.4, -0.2) is 6.03 Å². The number of allylic oxidation sites excluding steroid dienone is 1. The van der Waals surface area contributed by atoms with Crippen molar-refractivity contribution in [2.45, 2.75) is 6.92 Å². The molecule has 1 aromatic rings. The van der Waals surface area contributed by atoms with Crippen molar-refractivity contribution in [3.05, 3.63) is 39.5 Å². The number of benzene rings is 1. The topological polar surface area (TPSA) is 41.8 Å². The monoisotopic (exact) mass is 206 g/mol. The van der Waals surface area contributed by atoms with Crippen molar-refractivity contribution < 1.29 is 4.79 Å². The van der Waals surface area contributed by atoms with Crippen LogP contribution < -0.4 is 10.7 Å². The highest BCUT2D eigenvalue weighted by atomic mass is 35.5. The Bertz CT molecular complexity index is 546. The quantitative estimate of drug-likeness (QED) is 0.690. The summed E-state index contributed by atoms with van der Waals surface area (Å²) in [7, 11) is 0. The first kappa shape index (κ1) is 9.09. The second-order valence-electron chi connectivity index (χ2n) is 2.83. The molecular formula is C10H7ClN2O. The Morgan fingerprint density at radius 2 is 2.14 bits per heavy atom. The van der Waals surface area contributed by atoms with E-state index in [0.29, 0.717) is 15.7 Å². The van der Waals surface area contributed by atoms with Crippen LogP contribution in [0.4, 0.5) is 4.79 Å². The van der Waals surface area contributed by atoms with Gasteiger partial charge in [-0.2, -0.15) is 9.98 Å². The van der Waals surface area contributed by atoms with Crippen LogP contribution in [0.2, 0.25) is 5.02 Å². The minimum atomic E-state index is -0.465. The molecule has 1 aromatic carbocycles. The van der Waals surface area contributed by atoms with Gasteiger partial charge < -0.3 is 0 Å². The molecule has 2 rings (SSSR count). The van der Waals surface area contributed by atoms with Gasteiger partial charge in [0.15, 0.2) is 0 Å². The molecule has 0 saturated carbocycles. The number of hydrogen-bond donors (Lipinski definition) is 0. The zero-order valence-electron chi connectivity index (χ0n) is 7.49. The Morgan fingerprint density at radius 1 is 1.36 bits per heavy atom. The summed E-state index contributed by atoms with van der Waals surface area (Å²) in [5.74, 6) is 0. The first-order chi connectivity index (χ1) is 6.72. The highest BCUT2D eigenvalue weighted by Gasteiger charge is 2.09. The molecule has 0 aromatic heterocycles. The van der Waals surface area contributed by atoms with Crippen molar-refractivity contribution in [2.24, 2.45) is 9.98 Å². The van der Waals surface area contributed by atoms with Crippen LogP contribution in [0.15, 0.2) is 28.2 Å². The van der Waals surface area contributed by atoms with Gasteiger partial charge in [-0.05, 0) is 19.1 Å². The van der Waals surface area contributed by atoms with Gasteiger partial charge in [0, 0.05) is 5.56 Å². The summed E-state index contributed by atoms with van der Waals surface area (Å²) >= 11 is 5.97. The number of hydrogen-bond acceptors (Lipinski definition) is 1. The van der Waals surface area contributed by atoms with Gasteiger partial charge in [-0.1, -0.05) is 23.8 Å². The summed E-state index contributed by atoms with van der Waals surface area (Å²) in [6.07, 6.45) is 3.67. The van der Waals surface area contributed by atoms with E-state index in [2.05, 4.69) is 9.98 Å². The van der Waals surface area contributed by atoms with E-state index in [1.807, 2.05) is 19.1 Å². The summed E-state index contributed by atoms with van der Waals surface area (Å²) < 4.78 is 0. The lowest BCUT2D eigenvalue weighted by molar-refractivity contribution is 0.256. The van der Waals surface area contributed by atoms with Gasteiger partial charge >= 0.3 is 6.03 Å². The number of halogens is 1. The van der Waals surface area contributed by atoms with Crippen LogP contribution in [0.5, 0.6) is 0 Å². The third kappa shape index (κ3) is 1.36. The van der Waals surface area contributed by atoms with E-state index in [0.717, 1.165) is 5.56 Å². The molecule has 0 aliphatic carbocycles. The molecule has 1 aliphatic rings. The maximum atomic E-state index is 11.0. The summed E-state index contributed by atoms with van der Waals surface area (Å²) in [4.78, 5) is 18.5. The summed E-state index contributed by atoms with van der Waals surface area (Å²) in [6, 6.07) is 2.94. The molecule has 70 valence electrons. The van der Waals surface area contributed by atoms with Crippen LogP contribution in [0.3, 0.4) is 0 Å². The number of nitrogens with zero attached hydrogens (tertiary/aromatic N) is 2. The smallest absolute Gasteiger partial charge is 0.244 e. The molecule has 0 unspecified atom stereocenters. The number of amides is 2. The van der Waals surface area contributed by atoms with Gasteiger partial charge in [-0.25, -0.2) is 4.79 Å². The highest BCUT2D eigenvalue weighted by Crippen LogP contribution is 2.11. The Hall–Kier alpha value is -1.48. The van der Waals surface area contributed by atoms with Gasteiger partial charge in [-0.15, -0.1) is 0 Å². The second kappa shape index (κ2) is 3.35. The van der Waals surface area contributed by atoms with E-state index in [4.69, 9.17) is 11.6 Å². The third-order valence-corrected chi connectivity index (χ3v) is 2.23. The number of fused-ring (bicyclic) bond motifs is 1. The third-order valence-electron chi connectivity index (χ3n) is 1.90. The van der Waals surface area contributed by atoms with Crippen LogP contribution in [0.25, 0.3) is 6.08 Å². The molecule has 0 spiro atoms. The first-order valence-electron chi connectivity index (χ1n) is 4.15. The van der Waals surface area contributed by atoms with E-state index >= 15 is 0 Å². The molecule has 0 fully saturated rings. The Morgan fingerprint density at radius 3 is 2.86 bits per heavy atom. The molecule has 0 atom stereocenters.